The molecule has 2 aliphatic rings. The van der Waals surface area contributed by atoms with Crippen LogP contribution in [0.15, 0.2) is 0 Å². The second-order valence-corrected chi connectivity index (χ2v) is 5.60. The summed E-state index contributed by atoms with van der Waals surface area (Å²) in [6, 6.07) is 0. The molecule has 0 bridgehead atoms. The molecule has 0 spiro atoms. The van der Waals surface area contributed by atoms with E-state index in [0.717, 1.165) is 39.0 Å². The van der Waals surface area contributed by atoms with Crippen LogP contribution >= 0.6 is 0 Å². The zero-order valence-electron chi connectivity index (χ0n) is 11.3. The normalized spacial score (nSPS) is 23.2. The first kappa shape index (κ1) is 14.3. The summed E-state index contributed by atoms with van der Waals surface area (Å²) in [5.41, 5.74) is -0.698. The smallest absolute Gasteiger partial charge is 0.311 e. The van der Waals surface area contributed by atoms with Gasteiger partial charge in [0.2, 0.25) is 5.91 Å². The molecule has 2 fully saturated rings. The lowest BCUT2D eigenvalue weighted by molar-refractivity contribution is -0.154. The van der Waals surface area contributed by atoms with E-state index in [9.17, 15) is 14.7 Å². The maximum atomic E-state index is 11.9. The molecule has 1 aliphatic heterocycles. The number of nitrogens with zero attached hydrogens (tertiary/aromatic N) is 1. The van der Waals surface area contributed by atoms with Gasteiger partial charge in [-0.1, -0.05) is 6.42 Å². The average Bonchev–Trinajstić information content (AvgIpc) is 2.55. The van der Waals surface area contributed by atoms with E-state index in [0.29, 0.717) is 19.4 Å². The lowest BCUT2D eigenvalue weighted by atomic mass is 9.69. The van der Waals surface area contributed by atoms with Gasteiger partial charge in [0, 0.05) is 19.6 Å². The quantitative estimate of drug-likeness (QED) is 0.636. The summed E-state index contributed by atoms with van der Waals surface area (Å²) < 4.78 is 0. The highest BCUT2D eigenvalue weighted by Gasteiger charge is 2.44. The third-order valence-electron chi connectivity index (χ3n) is 4.19. The number of rotatable bonds is 5. The Kier molecular flexibility index (Phi) is 4.76. The van der Waals surface area contributed by atoms with Crippen molar-refractivity contribution in [1.82, 2.24) is 15.5 Å². The van der Waals surface area contributed by atoms with Crippen molar-refractivity contribution in [2.45, 2.75) is 25.7 Å². The van der Waals surface area contributed by atoms with E-state index in [1.807, 2.05) is 0 Å². The molecule has 1 amide bonds. The molecule has 0 aromatic heterocycles. The van der Waals surface area contributed by atoms with Gasteiger partial charge in [0.15, 0.2) is 0 Å². The highest BCUT2D eigenvalue weighted by molar-refractivity contribution is 5.80. The molecule has 19 heavy (non-hydrogen) atoms. The van der Waals surface area contributed by atoms with Gasteiger partial charge in [-0.15, -0.1) is 0 Å². The fraction of sp³-hybridized carbons (Fsp3) is 0.846. The molecule has 0 atom stereocenters. The topological polar surface area (TPSA) is 81.7 Å². The molecule has 3 N–H and O–H groups in total. The van der Waals surface area contributed by atoms with E-state index in [1.165, 1.54) is 0 Å². The molecule has 1 heterocycles. The second-order valence-electron chi connectivity index (χ2n) is 5.60. The Balaban J connectivity index is 1.73. The average molecular weight is 269 g/mol. The Bertz CT molecular complexity index is 334. The number of aliphatic carboxylic acids is 1. The Morgan fingerprint density at radius 1 is 1.21 bits per heavy atom. The Morgan fingerprint density at radius 3 is 2.63 bits per heavy atom. The minimum absolute atomic E-state index is 0.0607. The number of carbonyl (C=O) groups is 2. The van der Waals surface area contributed by atoms with Gasteiger partial charge in [-0.3, -0.25) is 14.5 Å². The fourth-order valence-corrected chi connectivity index (χ4v) is 2.66. The third-order valence-corrected chi connectivity index (χ3v) is 4.19. The number of carboxylic acids is 1. The van der Waals surface area contributed by atoms with Crippen LogP contribution in [-0.4, -0.2) is 61.2 Å². The van der Waals surface area contributed by atoms with Crippen molar-refractivity contribution in [3.8, 4) is 0 Å². The Morgan fingerprint density at radius 2 is 2.00 bits per heavy atom. The SMILES string of the molecule is O=C(CN1CCCNCC1)NCC1(C(=O)O)CCC1. The van der Waals surface area contributed by atoms with E-state index in [-0.39, 0.29) is 12.5 Å². The molecule has 6 heteroatoms. The first-order chi connectivity index (χ1) is 9.12. The van der Waals surface area contributed by atoms with Gasteiger partial charge in [-0.2, -0.15) is 0 Å². The van der Waals surface area contributed by atoms with E-state index in [4.69, 9.17) is 0 Å². The van der Waals surface area contributed by atoms with Crippen LogP contribution in [0.3, 0.4) is 0 Å². The summed E-state index contributed by atoms with van der Waals surface area (Å²) in [6.45, 7) is 4.35. The third kappa shape index (κ3) is 3.67. The van der Waals surface area contributed by atoms with Crippen LogP contribution in [0, 0.1) is 5.41 Å². The van der Waals surface area contributed by atoms with Crippen LogP contribution in [0.4, 0.5) is 0 Å². The summed E-state index contributed by atoms with van der Waals surface area (Å²) >= 11 is 0. The zero-order valence-corrected chi connectivity index (χ0v) is 11.3. The maximum absolute atomic E-state index is 11.9. The first-order valence-corrected chi connectivity index (χ1v) is 7.06. The van der Waals surface area contributed by atoms with E-state index < -0.39 is 11.4 Å². The van der Waals surface area contributed by atoms with Crippen LogP contribution in [0.1, 0.15) is 25.7 Å². The van der Waals surface area contributed by atoms with Crippen molar-refractivity contribution >= 4 is 11.9 Å². The summed E-state index contributed by atoms with van der Waals surface area (Å²) in [5.74, 6) is -0.840. The van der Waals surface area contributed by atoms with Gasteiger partial charge in [-0.05, 0) is 32.4 Å². The van der Waals surface area contributed by atoms with Crippen molar-refractivity contribution in [3.05, 3.63) is 0 Å². The summed E-state index contributed by atoms with van der Waals surface area (Å²) in [4.78, 5) is 25.2. The highest BCUT2D eigenvalue weighted by atomic mass is 16.4. The molecule has 1 saturated heterocycles. The number of carboxylic acid groups (broad SMARTS) is 1. The van der Waals surface area contributed by atoms with Crippen molar-refractivity contribution in [2.24, 2.45) is 5.41 Å². The molecule has 108 valence electrons. The van der Waals surface area contributed by atoms with E-state index in [2.05, 4.69) is 15.5 Å². The Labute approximate surface area is 113 Å². The maximum Gasteiger partial charge on any atom is 0.311 e. The molecule has 6 nitrogen and oxygen atoms in total. The van der Waals surface area contributed by atoms with Gasteiger partial charge in [0.25, 0.3) is 0 Å². The van der Waals surface area contributed by atoms with Crippen molar-refractivity contribution in [1.29, 1.82) is 0 Å². The van der Waals surface area contributed by atoms with Gasteiger partial charge < -0.3 is 15.7 Å². The minimum Gasteiger partial charge on any atom is -0.481 e. The Hall–Kier alpha value is -1.14. The fourth-order valence-electron chi connectivity index (χ4n) is 2.66. The van der Waals surface area contributed by atoms with Crippen LogP contribution < -0.4 is 10.6 Å². The largest absolute Gasteiger partial charge is 0.481 e. The predicted octanol–water partition coefficient (Wildman–Crippen LogP) is -0.347. The molecule has 1 saturated carbocycles. The highest BCUT2D eigenvalue weighted by Crippen LogP contribution is 2.40. The zero-order chi connectivity index (χ0) is 13.7. The number of amides is 1. The number of hydrogen-bond acceptors (Lipinski definition) is 4. The molecule has 0 aromatic carbocycles. The second kappa shape index (κ2) is 6.34. The molecule has 2 rings (SSSR count). The molecular weight excluding hydrogens is 246 g/mol. The molecule has 0 unspecified atom stereocenters. The van der Waals surface area contributed by atoms with E-state index in [1.54, 1.807) is 0 Å². The van der Waals surface area contributed by atoms with Crippen molar-refractivity contribution in [2.75, 3.05) is 39.3 Å². The van der Waals surface area contributed by atoms with Crippen molar-refractivity contribution in [3.63, 3.8) is 0 Å². The van der Waals surface area contributed by atoms with Gasteiger partial charge >= 0.3 is 5.97 Å². The van der Waals surface area contributed by atoms with Gasteiger partial charge in [-0.25, -0.2) is 0 Å². The van der Waals surface area contributed by atoms with Gasteiger partial charge in [0.1, 0.15) is 0 Å². The van der Waals surface area contributed by atoms with Crippen LogP contribution in [-0.2, 0) is 9.59 Å². The molecular formula is C13H23N3O3. The number of hydrogen-bond donors (Lipinski definition) is 3. The van der Waals surface area contributed by atoms with Crippen LogP contribution in [0.2, 0.25) is 0 Å². The number of carbonyl (C=O) groups excluding carboxylic acids is 1. The summed E-state index contributed by atoms with van der Waals surface area (Å²) in [6.07, 6.45) is 3.35. The summed E-state index contributed by atoms with van der Waals surface area (Å²) in [5, 5.41) is 15.3. The lowest BCUT2D eigenvalue weighted by Crippen LogP contribution is -2.49. The summed E-state index contributed by atoms with van der Waals surface area (Å²) in [7, 11) is 0. The predicted molar refractivity (Wildman–Crippen MR) is 70.9 cm³/mol. The van der Waals surface area contributed by atoms with E-state index >= 15 is 0 Å². The first-order valence-electron chi connectivity index (χ1n) is 7.06. The standard InChI is InChI=1S/C13H23N3O3/c17-11(9-16-7-2-5-14-6-8-16)15-10-13(12(18)19)3-1-4-13/h14H,1-10H2,(H,15,17)(H,18,19). The van der Waals surface area contributed by atoms with Crippen LogP contribution in [0.25, 0.3) is 0 Å². The number of nitrogens with one attached hydrogen (secondary N) is 2. The van der Waals surface area contributed by atoms with Crippen LogP contribution in [0.5, 0.6) is 0 Å². The minimum atomic E-state index is -0.780. The molecule has 1 aliphatic carbocycles. The molecule has 0 radical (unpaired) electrons. The monoisotopic (exact) mass is 269 g/mol. The molecule has 0 aromatic rings. The van der Waals surface area contributed by atoms with Gasteiger partial charge in [0.05, 0.1) is 12.0 Å². The lowest BCUT2D eigenvalue weighted by Gasteiger charge is -2.37. The van der Waals surface area contributed by atoms with Crippen molar-refractivity contribution < 1.29 is 14.7 Å².